The molecule has 1 heterocycles. The Balaban J connectivity index is 1.64. The molecule has 0 unspecified atom stereocenters. The van der Waals surface area contributed by atoms with Crippen molar-refractivity contribution in [1.82, 2.24) is 15.8 Å². The SMILES string of the molecule is COc1ccc(NC(=O)COCC(=O)NNC(=O)c2cccnc2)cc1. The van der Waals surface area contributed by atoms with Crippen LogP contribution < -0.4 is 20.9 Å². The van der Waals surface area contributed by atoms with Crippen molar-refractivity contribution in [3.63, 3.8) is 0 Å². The number of anilines is 1. The molecule has 9 nitrogen and oxygen atoms in total. The third-order valence-electron chi connectivity index (χ3n) is 3.08. The molecule has 1 aromatic heterocycles. The van der Waals surface area contributed by atoms with Gasteiger partial charge < -0.3 is 14.8 Å². The standard InChI is InChI=1S/C17H18N4O5/c1-25-14-6-4-13(5-7-14)19-15(22)10-26-11-16(23)20-21-17(24)12-3-2-8-18-9-12/h2-9H,10-11H2,1H3,(H,19,22)(H,20,23)(H,21,24). The van der Waals surface area contributed by atoms with Crippen LogP contribution in [0.1, 0.15) is 10.4 Å². The molecule has 0 saturated carbocycles. The zero-order valence-corrected chi connectivity index (χ0v) is 14.0. The molecule has 0 atom stereocenters. The molecule has 0 saturated heterocycles. The molecule has 3 N–H and O–H groups in total. The van der Waals surface area contributed by atoms with E-state index < -0.39 is 17.7 Å². The lowest BCUT2D eigenvalue weighted by molar-refractivity contribution is -0.129. The van der Waals surface area contributed by atoms with Crippen LogP contribution in [-0.4, -0.2) is 43.0 Å². The number of carbonyl (C=O) groups excluding carboxylic acids is 3. The number of ether oxygens (including phenoxy) is 2. The predicted octanol–water partition coefficient (Wildman–Crippen LogP) is 0.507. The zero-order chi connectivity index (χ0) is 18.8. The number of nitrogens with one attached hydrogen (secondary N) is 3. The topological polar surface area (TPSA) is 119 Å². The normalized spacial score (nSPS) is 9.88. The van der Waals surface area contributed by atoms with Crippen molar-refractivity contribution < 1.29 is 23.9 Å². The number of hydrazine groups is 1. The number of hydrogen-bond acceptors (Lipinski definition) is 6. The Labute approximate surface area is 149 Å². The van der Waals surface area contributed by atoms with Crippen molar-refractivity contribution >= 4 is 23.4 Å². The molecule has 9 heteroatoms. The Bertz CT molecular complexity index is 750. The van der Waals surface area contributed by atoms with Crippen molar-refractivity contribution in [3.8, 4) is 5.75 Å². The molecule has 2 rings (SSSR count). The average Bonchev–Trinajstić information content (AvgIpc) is 2.67. The van der Waals surface area contributed by atoms with Gasteiger partial charge in [-0.05, 0) is 36.4 Å². The number of carbonyl (C=O) groups is 3. The molecule has 1 aromatic carbocycles. The van der Waals surface area contributed by atoms with E-state index >= 15 is 0 Å². The van der Waals surface area contributed by atoms with Gasteiger partial charge in [0.25, 0.3) is 11.8 Å². The first-order valence-electron chi connectivity index (χ1n) is 7.59. The first-order chi connectivity index (χ1) is 12.6. The summed E-state index contributed by atoms with van der Waals surface area (Å²) in [5.74, 6) is -0.852. The number of rotatable bonds is 7. The van der Waals surface area contributed by atoms with Crippen LogP contribution in [0.4, 0.5) is 5.69 Å². The van der Waals surface area contributed by atoms with Gasteiger partial charge in [0.15, 0.2) is 0 Å². The Morgan fingerprint density at radius 3 is 2.38 bits per heavy atom. The molecule has 0 fully saturated rings. The fraction of sp³-hybridized carbons (Fsp3) is 0.176. The van der Waals surface area contributed by atoms with Gasteiger partial charge >= 0.3 is 0 Å². The zero-order valence-electron chi connectivity index (χ0n) is 14.0. The predicted molar refractivity (Wildman–Crippen MR) is 92.3 cm³/mol. The van der Waals surface area contributed by atoms with E-state index in [1.807, 2.05) is 0 Å². The van der Waals surface area contributed by atoms with Crippen LogP contribution in [0.25, 0.3) is 0 Å². The van der Waals surface area contributed by atoms with Gasteiger partial charge in [-0.2, -0.15) is 0 Å². The number of benzene rings is 1. The second kappa shape index (κ2) is 9.74. The third-order valence-corrected chi connectivity index (χ3v) is 3.08. The molecular formula is C17H18N4O5. The molecule has 2 aromatic rings. The van der Waals surface area contributed by atoms with E-state index in [1.54, 1.807) is 43.5 Å². The number of hydrogen-bond donors (Lipinski definition) is 3. The summed E-state index contributed by atoms with van der Waals surface area (Å²) >= 11 is 0. The second-order valence-corrected chi connectivity index (χ2v) is 5.01. The molecule has 0 radical (unpaired) electrons. The van der Waals surface area contributed by atoms with Gasteiger partial charge in [0, 0.05) is 18.1 Å². The van der Waals surface area contributed by atoms with E-state index in [0.29, 0.717) is 17.0 Å². The lowest BCUT2D eigenvalue weighted by Gasteiger charge is -2.08. The minimum Gasteiger partial charge on any atom is -0.497 e. The smallest absolute Gasteiger partial charge is 0.271 e. The molecule has 26 heavy (non-hydrogen) atoms. The van der Waals surface area contributed by atoms with Crippen LogP contribution in [0.5, 0.6) is 5.75 Å². The molecule has 0 aliphatic rings. The summed E-state index contributed by atoms with van der Waals surface area (Å²) < 4.78 is 10.0. The van der Waals surface area contributed by atoms with Crippen LogP contribution in [0.15, 0.2) is 48.8 Å². The van der Waals surface area contributed by atoms with Crippen LogP contribution in [0, 0.1) is 0 Å². The minimum atomic E-state index is -0.598. The summed E-state index contributed by atoms with van der Waals surface area (Å²) in [4.78, 5) is 38.8. The highest BCUT2D eigenvalue weighted by atomic mass is 16.5. The molecule has 0 aliphatic carbocycles. The fourth-order valence-corrected chi connectivity index (χ4v) is 1.84. The van der Waals surface area contributed by atoms with Crippen LogP contribution in [0.2, 0.25) is 0 Å². The molecule has 0 aliphatic heterocycles. The van der Waals surface area contributed by atoms with E-state index in [2.05, 4.69) is 21.2 Å². The fourth-order valence-electron chi connectivity index (χ4n) is 1.84. The summed E-state index contributed by atoms with van der Waals surface area (Å²) in [7, 11) is 1.55. The van der Waals surface area contributed by atoms with E-state index in [1.165, 1.54) is 12.4 Å². The van der Waals surface area contributed by atoms with Crippen LogP contribution in [0.3, 0.4) is 0 Å². The first-order valence-corrected chi connectivity index (χ1v) is 7.59. The van der Waals surface area contributed by atoms with E-state index in [-0.39, 0.29) is 13.2 Å². The number of pyridine rings is 1. The largest absolute Gasteiger partial charge is 0.497 e. The highest BCUT2D eigenvalue weighted by Crippen LogP contribution is 2.14. The van der Waals surface area contributed by atoms with Gasteiger partial charge in [-0.3, -0.25) is 30.2 Å². The third kappa shape index (κ3) is 6.21. The Morgan fingerprint density at radius 2 is 1.73 bits per heavy atom. The molecule has 0 bridgehead atoms. The van der Waals surface area contributed by atoms with Crippen molar-refractivity contribution in [2.24, 2.45) is 0 Å². The van der Waals surface area contributed by atoms with Gasteiger partial charge in [0.2, 0.25) is 5.91 Å². The van der Waals surface area contributed by atoms with Crippen molar-refractivity contribution in [2.75, 3.05) is 25.6 Å². The summed E-state index contributed by atoms with van der Waals surface area (Å²) in [6.07, 6.45) is 2.89. The Kier molecular flexibility index (Phi) is 7.07. The van der Waals surface area contributed by atoms with Crippen molar-refractivity contribution in [3.05, 3.63) is 54.4 Å². The maximum absolute atomic E-state index is 11.7. The van der Waals surface area contributed by atoms with E-state index in [0.717, 1.165) is 0 Å². The lowest BCUT2D eigenvalue weighted by atomic mass is 10.3. The minimum absolute atomic E-state index is 0.299. The molecule has 136 valence electrons. The Hall–Kier alpha value is -3.46. The quantitative estimate of drug-likeness (QED) is 0.621. The molecule has 3 amide bonds. The molecular weight excluding hydrogens is 340 g/mol. The van der Waals surface area contributed by atoms with Crippen LogP contribution >= 0.6 is 0 Å². The van der Waals surface area contributed by atoms with Gasteiger partial charge in [-0.1, -0.05) is 0 Å². The number of nitrogens with zero attached hydrogens (tertiary/aromatic N) is 1. The summed E-state index contributed by atoms with van der Waals surface area (Å²) in [5.41, 5.74) is 5.27. The first kappa shape index (κ1) is 18.9. The number of amides is 3. The maximum atomic E-state index is 11.7. The monoisotopic (exact) mass is 358 g/mol. The van der Waals surface area contributed by atoms with Crippen molar-refractivity contribution in [1.29, 1.82) is 0 Å². The van der Waals surface area contributed by atoms with Crippen molar-refractivity contribution in [2.45, 2.75) is 0 Å². The van der Waals surface area contributed by atoms with E-state index in [9.17, 15) is 14.4 Å². The summed E-state index contributed by atoms with van der Waals surface area (Å²) in [6.45, 7) is -0.695. The van der Waals surface area contributed by atoms with Gasteiger partial charge in [-0.15, -0.1) is 0 Å². The van der Waals surface area contributed by atoms with E-state index in [4.69, 9.17) is 9.47 Å². The summed E-state index contributed by atoms with van der Waals surface area (Å²) in [5, 5.41) is 2.61. The average molecular weight is 358 g/mol. The van der Waals surface area contributed by atoms with Crippen LogP contribution in [-0.2, 0) is 14.3 Å². The highest BCUT2D eigenvalue weighted by molar-refractivity contribution is 5.95. The highest BCUT2D eigenvalue weighted by Gasteiger charge is 2.09. The number of aromatic nitrogens is 1. The van der Waals surface area contributed by atoms with Gasteiger partial charge in [-0.25, -0.2) is 0 Å². The van der Waals surface area contributed by atoms with Gasteiger partial charge in [0.1, 0.15) is 19.0 Å². The maximum Gasteiger partial charge on any atom is 0.271 e. The summed E-state index contributed by atoms with van der Waals surface area (Å²) in [6, 6.07) is 9.91. The van der Waals surface area contributed by atoms with Gasteiger partial charge in [0.05, 0.1) is 12.7 Å². The molecule has 0 spiro atoms. The lowest BCUT2D eigenvalue weighted by Crippen LogP contribution is -2.43. The Morgan fingerprint density at radius 1 is 1.00 bits per heavy atom. The second-order valence-electron chi connectivity index (χ2n) is 5.01. The number of methoxy groups -OCH3 is 1.